The number of amides is 1. The monoisotopic (exact) mass is 302 g/mol. The highest BCUT2D eigenvalue weighted by atomic mass is 16.6. The van der Waals surface area contributed by atoms with E-state index in [2.05, 4.69) is 22.2 Å². The first-order valence-electron chi connectivity index (χ1n) is 7.49. The lowest BCUT2D eigenvalue weighted by Gasteiger charge is -2.33. The zero-order valence-corrected chi connectivity index (χ0v) is 13.3. The number of aromatic nitrogens is 1. The van der Waals surface area contributed by atoms with Crippen LogP contribution in [0.15, 0.2) is 24.4 Å². The van der Waals surface area contributed by atoms with Crippen molar-refractivity contribution in [1.82, 2.24) is 14.9 Å². The Labute approximate surface area is 130 Å². The summed E-state index contributed by atoms with van der Waals surface area (Å²) in [6.07, 6.45) is 2.00. The molecule has 0 spiro atoms. The summed E-state index contributed by atoms with van der Waals surface area (Å²) in [5, 5.41) is 3.72. The lowest BCUT2D eigenvalue weighted by Crippen LogP contribution is -2.44. The fourth-order valence-corrected chi connectivity index (χ4v) is 2.92. The highest BCUT2D eigenvalue weighted by molar-refractivity contribution is 6.01. The first-order chi connectivity index (χ1) is 10.6. The second-order valence-electron chi connectivity index (χ2n) is 5.62. The van der Waals surface area contributed by atoms with Crippen LogP contribution in [0.25, 0.3) is 10.9 Å². The van der Waals surface area contributed by atoms with Crippen LogP contribution in [0.4, 0.5) is 5.69 Å². The summed E-state index contributed by atoms with van der Waals surface area (Å²) in [4.78, 5) is 22.0. The van der Waals surface area contributed by atoms with Crippen LogP contribution in [0.2, 0.25) is 0 Å². The zero-order valence-electron chi connectivity index (χ0n) is 13.3. The van der Waals surface area contributed by atoms with Gasteiger partial charge >= 0.3 is 0 Å². The normalized spacial score (nSPS) is 16.0. The Morgan fingerprint density at radius 3 is 2.59 bits per heavy atom. The minimum atomic E-state index is -0.0728. The number of fused-ring (bicyclic) bond motifs is 1. The van der Waals surface area contributed by atoms with Gasteiger partial charge in [0.2, 0.25) is 0 Å². The Kier molecular flexibility index (Phi) is 3.94. The van der Waals surface area contributed by atoms with Crippen molar-refractivity contribution >= 4 is 22.5 Å². The van der Waals surface area contributed by atoms with Crippen LogP contribution in [0.5, 0.6) is 0 Å². The van der Waals surface area contributed by atoms with Gasteiger partial charge in [-0.3, -0.25) is 4.79 Å². The quantitative estimate of drug-likeness (QED) is 0.912. The molecule has 1 amide bonds. The molecule has 0 unspecified atom stereocenters. The lowest BCUT2D eigenvalue weighted by atomic mass is 10.1. The smallest absolute Gasteiger partial charge is 0.251 e. The summed E-state index contributed by atoms with van der Waals surface area (Å²) in [6, 6.07) is 5.70. The predicted octanol–water partition coefficient (Wildman–Crippen LogP) is 0.811. The number of nitrogens with zero attached hydrogens (tertiary/aromatic N) is 3. The number of hydrogen-bond donors (Lipinski definition) is 1. The van der Waals surface area contributed by atoms with E-state index in [1.165, 1.54) is 0 Å². The van der Waals surface area contributed by atoms with Crippen molar-refractivity contribution in [2.75, 3.05) is 52.3 Å². The van der Waals surface area contributed by atoms with Crippen LogP contribution in [0.3, 0.4) is 0 Å². The molecular formula is C16H22N4O2. The molecule has 118 valence electrons. The fraction of sp³-hybridized carbons (Fsp3) is 0.438. The maximum absolute atomic E-state index is 11.9. The molecule has 0 radical (unpaired) electrons. The van der Waals surface area contributed by atoms with E-state index < -0.39 is 0 Å². The van der Waals surface area contributed by atoms with Crippen LogP contribution in [0, 0.1) is 0 Å². The second-order valence-corrected chi connectivity index (χ2v) is 5.62. The molecule has 0 aliphatic carbocycles. The Morgan fingerprint density at radius 2 is 1.95 bits per heavy atom. The summed E-state index contributed by atoms with van der Waals surface area (Å²) in [5.41, 5.74) is 2.76. The van der Waals surface area contributed by atoms with E-state index in [4.69, 9.17) is 4.84 Å². The van der Waals surface area contributed by atoms with E-state index >= 15 is 0 Å². The molecule has 1 fully saturated rings. The van der Waals surface area contributed by atoms with Crippen molar-refractivity contribution in [2.24, 2.45) is 0 Å². The number of piperazine rings is 1. The largest absolute Gasteiger partial charge is 0.417 e. The number of carbonyl (C=O) groups is 1. The van der Waals surface area contributed by atoms with Crippen molar-refractivity contribution in [3.63, 3.8) is 0 Å². The molecule has 1 saturated heterocycles. The summed E-state index contributed by atoms with van der Waals surface area (Å²) in [7, 11) is 5.44. The molecule has 0 bridgehead atoms. The van der Waals surface area contributed by atoms with Gasteiger partial charge in [-0.2, -0.15) is 4.73 Å². The zero-order chi connectivity index (χ0) is 15.7. The SMILES string of the molecule is CNC(=O)c1ccc2c(c1)c(N1CCN(C)CC1)cn2OC. The van der Waals surface area contributed by atoms with Gasteiger partial charge in [0, 0.05) is 44.2 Å². The number of benzene rings is 1. The fourth-order valence-electron chi connectivity index (χ4n) is 2.92. The van der Waals surface area contributed by atoms with E-state index in [9.17, 15) is 4.79 Å². The van der Waals surface area contributed by atoms with Gasteiger partial charge in [0.1, 0.15) is 7.11 Å². The predicted molar refractivity (Wildman–Crippen MR) is 87.5 cm³/mol. The molecule has 0 saturated carbocycles. The molecule has 2 heterocycles. The van der Waals surface area contributed by atoms with Crippen LogP contribution >= 0.6 is 0 Å². The van der Waals surface area contributed by atoms with Crippen LogP contribution in [-0.4, -0.2) is 62.9 Å². The maximum atomic E-state index is 11.9. The molecule has 1 aliphatic rings. The first kappa shape index (κ1) is 14.7. The Bertz CT molecular complexity index is 687. The molecule has 1 aliphatic heterocycles. The average molecular weight is 302 g/mol. The third-order valence-electron chi connectivity index (χ3n) is 4.28. The number of carbonyl (C=O) groups excluding carboxylic acids is 1. The Hall–Kier alpha value is -2.21. The van der Waals surface area contributed by atoms with E-state index in [-0.39, 0.29) is 5.91 Å². The van der Waals surface area contributed by atoms with E-state index in [1.54, 1.807) is 18.9 Å². The molecule has 1 aromatic heterocycles. The van der Waals surface area contributed by atoms with Gasteiger partial charge in [0.05, 0.1) is 17.4 Å². The number of likely N-dealkylation sites (N-methyl/N-ethyl adjacent to an activating group) is 1. The van der Waals surface area contributed by atoms with Gasteiger partial charge in [0.15, 0.2) is 0 Å². The van der Waals surface area contributed by atoms with Crippen LogP contribution in [-0.2, 0) is 0 Å². The van der Waals surface area contributed by atoms with Crippen molar-refractivity contribution < 1.29 is 9.63 Å². The highest BCUT2D eigenvalue weighted by Gasteiger charge is 2.20. The molecular weight excluding hydrogens is 280 g/mol. The van der Waals surface area contributed by atoms with E-state index in [0.717, 1.165) is 42.8 Å². The molecule has 6 heteroatoms. The minimum absolute atomic E-state index is 0.0728. The maximum Gasteiger partial charge on any atom is 0.251 e. The van der Waals surface area contributed by atoms with Crippen molar-refractivity contribution in [1.29, 1.82) is 0 Å². The molecule has 6 nitrogen and oxygen atoms in total. The third-order valence-corrected chi connectivity index (χ3v) is 4.28. The van der Waals surface area contributed by atoms with Gasteiger partial charge in [-0.25, -0.2) is 0 Å². The molecule has 22 heavy (non-hydrogen) atoms. The minimum Gasteiger partial charge on any atom is -0.417 e. The third kappa shape index (κ3) is 2.50. The Morgan fingerprint density at radius 1 is 1.23 bits per heavy atom. The topological polar surface area (TPSA) is 49.7 Å². The molecule has 0 atom stereocenters. The molecule has 1 aromatic carbocycles. The Balaban J connectivity index is 2.06. The van der Waals surface area contributed by atoms with Crippen LogP contribution in [0.1, 0.15) is 10.4 Å². The highest BCUT2D eigenvalue weighted by Crippen LogP contribution is 2.30. The van der Waals surface area contributed by atoms with E-state index in [0.29, 0.717) is 5.56 Å². The summed E-state index contributed by atoms with van der Waals surface area (Å²) in [5.74, 6) is -0.0728. The number of hydrogen-bond acceptors (Lipinski definition) is 4. The standard InChI is InChI=1S/C16H22N4O2/c1-17-16(21)12-4-5-14-13(10-12)15(11-20(14)22-3)19-8-6-18(2)7-9-19/h4-5,10-11H,6-9H2,1-3H3,(H,17,21). The number of anilines is 1. The van der Waals surface area contributed by atoms with E-state index in [1.807, 2.05) is 24.4 Å². The van der Waals surface area contributed by atoms with Crippen molar-refractivity contribution in [3.8, 4) is 0 Å². The lowest BCUT2D eigenvalue weighted by molar-refractivity contribution is 0.0963. The average Bonchev–Trinajstić information content (AvgIpc) is 2.92. The van der Waals surface area contributed by atoms with Gasteiger partial charge in [-0.1, -0.05) is 0 Å². The summed E-state index contributed by atoms with van der Waals surface area (Å²) >= 11 is 0. The summed E-state index contributed by atoms with van der Waals surface area (Å²) in [6.45, 7) is 4.02. The molecule has 2 aromatic rings. The van der Waals surface area contributed by atoms with Gasteiger partial charge in [-0.05, 0) is 25.2 Å². The van der Waals surface area contributed by atoms with Gasteiger partial charge in [-0.15, -0.1) is 0 Å². The van der Waals surface area contributed by atoms with Gasteiger partial charge < -0.3 is 20.0 Å². The van der Waals surface area contributed by atoms with Crippen molar-refractivity contribution in [2.45, 2.75) is 0 Å². The molecule has 3 rings (SSSR count). The van der Waals surface area contributed by atoms with Gasteiger partial charge in [0.25, 0.3) is 5.91 Å². The number of nitrogens with one attached hydrogen (secondary N) is 1. The molecule has 1 N–H and O–H groups in total. The van der Waals surface area contributed by atoms with Crippen molar-refractivity contribution in [3.05, 3.63) is 30.0 Å². The summed E-state index contributed by atoms with van der Waals surface area (Å²) < 4.78 is 1.76. The first-order valence-corrected chi connectivity index (χ1v) is 7.49. The number of rotatable bonds is 3. The second kappa shape index (κ2) is 5.88. The van der Waals surface area contributed by atoms with Crippen LogP contribution < -0.4 is 15.1 Å².